The molecular weight excluding hydrogens is 262 g/mol. The van der Waals surface area contributed by atoms with Gasteiger partial charge in [0.25, 0.3) is 0 Å². The van der Waals surface area contributed by atoms with E-state index in [1.807, 2.05) is 0 Å². The van der Waals surface area contributed by atoms with Crippen LogP contribution in [0.25, 0.3) is 11.1 Å². The van der Waals surface area contributed by atoms with E-state index >= 15 is 0 Å². The number of aromatic nitrogens is 1. The maximum Gasteiger partial charge on any atom is 0.358 e. The van der Waals surface area contributed by atoms with Crippen LogP contribution < -0.4 is 11.1 Å². The van der Waals surface area contributed by atoms with Crippen LogP contribution in [0.4, 0.5) is 11.6 Å². The Kier molecular flexibility index (Phi) is 2.67. The van der Waals surface area contributed by atoms with Gasteiger partial charge in [0.2, 0.25) is 17.5 Å². The van der Waals surface area contributed by atoms with Gasteiger partial charge in [0.15, 0.2) is 0 Å². The molecule has 20 heavy (non-hydrogen) atoms. The van der Waals surface area contributed by atoms with Crippen molar-refractivity contribution in [2.45, 2.75) is 12.8 Å². The summed E-state index contributed by atoms with van der Waals surface area (Å²) in [5.41, 5.74) is 7.96. The van der Waals surface area contributed by atoms with E-state index in [0.29, 0.717) is 18.4 Å². The number of carboxylic acids is 1. The van der Waals surface area contributed by atoms with Crippen LogP contribution >= 0.6 is 0 Å². The molecule has 7 heteroatoms. The number of nitrogens with zero attached hydrogens (tertiary/aromatic N) is 1. The Balaban J connectivity index is 2.10. The van der Waals surface area contributed by atoms with E-state index in [0.717, 1.165) is 11.3 Å². The number of aromatic carboxylic acids is 1. The van der Waals surface area contributed by atoms with Crippen LogP contribution in [0.15, 0.2) is 22.7 Å². The number of carboxylic acid groups (broad SMARTS) is 1. The molecule has 1 aliphatic rings. The van der Waals surface area contributed by atoms with Crippen molar-refractivity contribution in [2.24, 2.45) is 0 Å². The average molecular weight is 273 g/mol. The third-order valence-corrected chi connectivity index (χ3v) is 3.21. The summed E-state index contributed by atoms with van der Waals surface area (Å²) >= 11 is 0. The molecule has 0 radical (unpaired) electrons. The molecular formula is C13H11N3O4. The van der Waals surface area contributed by atoms with Gasteiger partial charge in [0.1, 0.15) is 0 Å². The molecule has 1 aromatic carbocycles. The van der Waals surface area contributed by atoms with Gasteiger partial charge in [-0.1, -0.05) is 11.2 Å². The van der Waals surface area contributed by atoms with Crippen LogP contribution in [0.1, 0.15) is 22.5 Å². The molecule has 2 aromatic rings. The van der Waals surface area contributed by atoms with Gasteiger partial charge in [-0.05, 0) is 29.7 Å². The van der Waals surface area contributed by atoms with Gasteiger partial charge in [-0.2, -0.15) is 0 Å². The van der Waals surface area contributed by atoms with Gasteiger partial charge in [0.05, 0.1) is 5.56 Å². The quantitative estimate of drug-likeness (QED) is 0.763. The van der Waals surface area contributed by atoms with Crippen molar-refractivity contribution in [3.63, 3.8) is 0 Å². The first kappa shape index (κ1) is 12.2. The molecule has 7 nitrogen and oxygen atoms in total. The van der Waals surface area contributed by atoms with Crippen molar-refractivity contribution < 1.29 is 19.2 Å². The number of anilines is 2. The maximum atomic E-state index is 11.3. The van der Waals surface area contributed by atoms with Gasteiger partial charge in [-0.25, -0.2) is 4.79 Å². The molecule has 0 fully saturated rings. The third-order valence-electron chi connectivity index (χ3n) is 3.21. The summed E-state index contributed by atoms with van der Waals surface area (Å²) in [5.74, 6) is -1.27. The molecule has 4 N–H and O–H groups in total. The monoisotopic (exact) mass is 273 g/mol. The molecule has 0 spiro atoms. The molecule has 2 heterocycles. The summed E-state index contributed by atoms with van der Waals surface area (Å²) in [6.45, 7) is 0. The number of hydrogen-bond acceptors (Lipinski definition) is 5. The van der Waals surface area contributed by atoms with E-state index < -0.39 is 5.97 Å². The number of fused-ring (bicyclic) bond motifs is 1. The third kappa shape index (κ3) is 1.89. The Labute approximate surface area is 113 Å². The minimum Gasteiger partial charge on any atom is -0.476 e. The van der Waals surface area contributed by atoms with Crippen molar-refractivity contribution in [1.82, 2.24) is 5.16 Å². The zero-order valence-electron chi connectivity index (χ0n) is 10.3. The SMILES string of the molecule is Nc1onc(C(=O)O)c1-c1ccc2c(c1)CCC(=O)N2. The number of aryl methyl sites for hydroxylation is 1. The van der Waals surface area contributed by atoms with Gasteiger partial charge >= 0.3 is 5.97 Å². The Morgan fingerprint density at radius 3 is 2.95 bits per heavy atom. The molecule has 0 unspecified atom stereocenters. The zero-order chi connectivity index (χ0) is 14.3. The fourth-order valence-electron chi connectivity index (χ4n) is 2.27. The molecule has 102 valence electrons. The number of nitrogen functional groups attached to an aromatic ring is 1. The Hall–Kier alpha value is -2.83. The number of rotatable bonds is 2. The first-order valence-corrected chi connectivity index (χ1v) is 5.98. The fraction of sp³-hybridized carbons (Fsp3) is 0.154. The largest absolute Gasteiger partial charge is 0.476 e. The first-order valence-electron chi connectivity index (χ1n) is 5.98. The molecule has 1 aliphatic heterocycles. The Morgan fingerprint density at radius 1 is 1.40 bits per heavy atom. The second kappa shape index (κ2) is 4.37. The van der Waals surface area contributed by atoms with Crippen molar-refractivity contribution in [2.75, 3.05) is 11.1 Å². The van der Waals surface area contributed by atoms with Gasteiger partial charge in [-0.3, -0.25) is 4.79 Å². The summed E-state index contributed by atoms with van der Waals surface area (Å²) in [5, 5.41) is 15.3. The standard InChI is InChI=1S/C13H11N3O4/c14-12-10(11(13(18)19)16-20-12)7-1-3-8-6(5-7)2-4-9(17)15-8/h1,3,5H,2,4,14H2,(H,15,17)(H,18,19). The minimum absolute atomic E-state index is 0.0269. The van der Waals surface area contributed by atoms with Gasteiger partial charge in [0, 0.05) is 12.1 Å². The number of carbonyl (C=O) groups is 2. The molecule has 1 amide bonds. The number of amides is 1. The highest BCUT2D eigenvalue weighted by Gasteiger charge is 2.23. The average Bonchev–Trinajstić information content (AvgIpc) is 2.80. The summed E-state index contributed by atoms with van der Waals surface area (Å²) in [6.07, 6.45) is 1.00. The van der Waals surface area contributed by atoms with Crippen molar-refractivity contribution in [3.8, 4) is 11.1 Å². The van der Waals surface area contributed by atoms with Crippen molar-refractivity contribution in [1.29, 1.82) is 0 Å². The maximum absolute atomic E-state index is 11.3. The lowest BCUT2D eigenvalue weighted by Gasteiger charge is -2.17. The number of benzene rings is 1. The number of hydrogen-bond donors (Lipinski definition) is 3. The second-order valence-corrected chi connectivity index (χ2v) is 4.50. The minimum atomic E-state index is -1.20. The second-order valence-electron chi connectivity index (χ2n) is 4.50. The van der Waals surface area contributed by atoms with E-state index in [-0.39, 0.29) is 23.0 Å². The highest BCUT2D eigenvalue weighted by molar-refractivity contribution is 5.98. The van der Waals surface area contributed by atoms with E-state index in [2.05, 4.69) is 10.5 Å². The lowest BCUT2D eigenvalue weighted by atomic mass is 9.97. The number of nitrogens with two attached hydrogens (primary N) is 1. The molecule has 0 saturated heterocycles. The van der Waals surface area contributed by atoms with Crippen LogP contribution in [0, 0.1) is 0 Å². The first-order chi connectivity index (χ1) is 9.56. The normalized spacial score (nSPS) is 13.7. The molecule has 1 aromatic heterocycles. The topological polar surface area (TPSA) is 118 Å². The Bertz CT molecular complexity index is 720. The predicted octanol–water partition coefficient (Wildman–Crippen LogP) is 1.51. The van der Waals surface area contributed by atoms with Crippen LogP contribution in [0.5, 0.6) is 0 Å². The van der Waals surface area contributed by atoms with E-state index in [4.69, 9.17) is 15.4 Å². The van der Waals surface area contributed by atoms with E-state index in [1.165, 1.54) is 0 Å². The molecule has 0 saturated carbocycles. The fourth-order valence-corrected chi connectivity index (χ4v) is 2.27. The lowest BCUT2D eigenvalue weighted by molar-refractivity contribution is -0.116. The van der Waals surface area contributed by atoms with Gasteiger partial charge in [-0.15, -0.1) is 0 Å². The summed E-state index contributed by atoms with van der Waals surface area (Å²) < 4.78 is 4.75. The number of carbonyl (C=O) groups excluding carboxylic acids is 1. The van der Waals surface area contributed by atoms with Crippen LogP contribution in [-0.4, -0.2) is 22.1 Å². The highest BCUT2D eigenvalue weighted by atomic mass is 16.5. The van der Waals surface area contributed by atoms with Crippen LogP contribution in [0.3, 0.4) is 0 Å². The highest BCUT2D eigenvalue weighted by Crippen LogP contribution is 2.33. The zero-order valence-corrected chi connectivity index (χ0v) is 10.3. The summed E-state index contributed by atoms with van der Waals surface area (Å²) in [4.78, 5) is 22.4. The summed E-state index contributed by atoms with van der Waals surface area (Å²) in [6, 6.07) is 5.20. The van der Waals surface area contributed by atoms with Gasteiger partial charge < -0.3 is 20.7 Å². The van der Waals surface area contributed by atoms with Crippen LogP contribution in [-0.2, 0) is 11.2 Å². The van der Waals surface area contributed by atoms with Crippen molar-refractivity contribution in [3.05, 3.63) is 29.5 Å². The molecule has 3 rings (SSSR count). The number of nitrogens with one attached hydrogen (secondary N) is 1. The Morgan fingerprint density at radius 2 is 2.20 bits per heavy atom. The van der Waals surface area contributed by atoms with E-state index in [1.54, 1.807) is 18.2 Å². The molecule has 0 bridgehead atoms. The predicted molar refractivity (Wildman–Crippen MR) is 70.3 cm³/mol. The smallest absolute Gasteiger partial charge is 0.358 e. The van der Waals surface area contributed by atoms with Crippen molar-refractivity contribution >= 4 is 23.4 Å². The van der Waals surface area contributed by atoms with E-state index in [9.17, 15) is 9.59 Å². The lowest BCUT2D eigenvalue weighted by Crippen LogP contribution is -2.18. The molecule has 0 atom stereocenters. The summed E-state index contributed by atoms with van der Waals surface area (Å²) in [7, 11) is 0. The van der Waals surface area contributed by atoms with Crippen LogP contribution in [0.2, 0.25) is 0 Å². The molecule has 0 aliphatic carbocycles.